The largest absolute Gasteiger partial charge is 0.480 e. The quantitative estimate of drug-likeness (QED) is 0.811. The molecule has 19 heavy (non-hydrogen) atoms. The van der Waals surface area contributed by atoms with E-state index in [0.717, 1.165) is 31.2 Å². The van der Waals surface area contributed by atoms with Gasteiger partial charge in [0, 0.05) is 4.88 Å². The third-order valence-corrected chi connectivity index (χ3v) is 4.30. The van der Waals surface area contributed by atoms with Crippen molar-refractivity contribution < 1.29 is 19.4 Å². The van der Waals surface area contributed by atoms with Gasteiger partial charge in [-0.2, -0.15) is 0 Å². The van der Waals surface area contributed by atoms with Crippen LogP contribution in [0.2, 0.25) is 0 Å². The smallest absolute Gasteiger partial charge is 0.341 e. The molecule has 0 aromatic carbocycles. The first-order valence-corrected chi connectivity index (χ1v) is 7.22. The predicted octanol–water partition coefficient (Wildman–Crippen LogP) is 2.30. The highest BCUT2D eigenvalue weighted by molar-refractivity contribution is 7.16. The second-order valence-electron chi connectivity index (χ2n) is 4.38. The summed E-state index contributed by atoms with van der Waals surface area (Å²) >= 11 is 1.48. The summed E-state index contributed by atoms with van der Waals surface area (Å²) in [5.41, 5.74) is 1.59. The predicted molar refractivity (Wildman–Crippen MR) is 73.0 cm³/mol. The third kappa shape index (κ3) is 3.07. The fourth-order valence-electron chi connectivity index (χ4n) is 2.27. The van der Waals surface area contributed by atoms with Gasteiger partial charge in [-0.25, -0.2) is 4.79 Å². The van der Waals surface area contributed by atoms with Gasteiger partial charge in [0.15, 0.2) is 0 Å². The van der Waals surface area contributed by atoms with Crippen LogP contribution in [-0.2, 0) is 22.4 Å². The zero-order valence-corrected chi connectivity index (χ0v) is 11.6. The number of carboxylic acid groups (broad SMARTS) is 1. The van der Waals surface area contributed by atoms with E-state index < -0.39 is 5.97 Å². The molecule has 0 bridgehead atoms. The molecule has 2 rings (SSSR count). The summed E-state index contributed by atoms with van der Waals surface area (Å²) in [5, 5.41) is 12.2. The Hall–Kier alpha value is -1.56. The van der Waals surface area contributed by atoms with Crippen LogP contribution < -0.4 is 5.32 Å². The molecule has 0 atom stereocenters. The van der Waals surface area contributed by atoms with Crippen LogP contribution in [-0.4, -0.2) is 30.2 Å². The highest BCUT2D eigenvalue weighted by atomic mass is 32.1. The van der Waals surface area contributed by atoms with E-state index in [-0.39, 0.29) is 12.5 Å². The van der Waals surface area contributed by atoms with Crippen LogP contribution in [0, 0.1) is 0 Å². The average Bonchev–Trinajstić information content (AvgIpc) is 2.74. The van der Waals surface area contributed by atoms with Crippen molar-refractivity contribution in [1.82, 2.24) is 0 Å². The topological polar surface area (TPSA) is 75.6 Å². The minimum atomic E-state index is -0.943. The molecular formula is C13H17NO4S. The molecular weight excluding hydrogens is 266 g/mol. The molecule has 2 N–H and O–H groups in total. The van der Waals surface area contributed by atoms with E-state index in [9.17, 15) is 9.59 Å². The van der Waals surface area contributed by atoms with Crippen LogP contribution in [0.1, 0.15) is 40.6 Å². The lowest BCUT2D eigenvalue weighted by Crippen LogP contribution is -2.15. The summed E-state index contributed by atoms with van der Waals surface area (Å²) < 4.78 is 5.08. The molecule has 1 heterocycles. The Morgan fingerprint density at radius 1 is 1.37 bits per heavy atom. The van der Waals surface area contributed by atoms with Crippen molar-refractivity contribution in [3.63, 3.8) is 0 Å². The second kappa shape index (κ2) is 6.06. The minimum Gasteiger partial charge on any atom is -0.480 e. The third-order valence-electron chi connectivity index (χ3n) is 3.05. The second-order valence-corrected chi connectivity index (χ2v) is 5.49. The van der Waals surface area contributed by atoms with E-state index in [0.29, 0.717) is 17.2 Å². The van der Waals surface area contributed by atoms with E-state index in [1.165, 1.54) is 16.2 Å². The molecule has 1 aliphatic rings. The van der Waals surface area contributed by atoms with Gasteiger partial charge in [-0.05, 0) is 38.2 Å². The van der Waals surface area contributed by atoms with Crippen molar-refractivity contribution >= 4 is 28.3 Å². The molecule has 1 aromatic rings. The Bertz CT molecular complexity index is 495. The lowest BCUT2D eigenvalue weighted by molar-refractivity contribution is -0.134. The van der Waals surface area contributed by atoms with Crippen LogP contribution in [0.3, 0.4) is 0 Å². The van der Waals surface area contributed by atoms with Crippen LogP contribution in [0.15, 0.2) is 0 Å². The first-order chi connectivity index (χ1) is 9.13. The summed E-state index contributed by atoms with van der Waals surface area (Å²) in [5.74, 6) is -1.30. The maximum absolute atomic E-state index is 12.0. The molecule has 104 valence electrons. The minimum absolute atomic E-state index is 0.189. The van der Waals surface area contributed by atoms with Gasteiger partial charge in [-0.15, -0.1) is 11.3 Å². The van der Waals surface area contributed by atoms with Gasteiger partial charge < -0.3 is 15.2 Å². The number of aliphatic carboxylic acids is 1. The van der Waals surface area contributed by atoms with E-state index in [2.05, 4.69) is 5.32 Å². The van der Waals surface area contributed by atoms with Gasteiger partial charge in [-0.1, -0.05) is 0 Å². The van der Waals surface area contributed by atoms with Crippen molar-refractivity contribution in [2.45, 2.75) is 32.6 Å². The van der Waals surface area contributed by atoms with Gasteiger partial charge in [0.2, 0.25) is 0 Å². The highest BCUT2D eigenvalue weighted by Crippen LogP contribution is 2.38. The van der Waals surface area contributed by atoms with Crippen LogP contribution >= 0.6 is 11.3 Å². The molecule has 0 saturated heterocycles. The monoisotopic (exact) mass is 283 g/mol. The maximum atomic E-state index is 12.0. The Labute approximate surface area is 115 Å². The number of esters is 1. The van der Waals surface area contributed by atoms with Crippen molar-refractivity contribution in [2.24, 2.45) is 0 Å². The maximum Gasteiger partial charge on any atom is 0.341 e. The van der Waals surface area contributed by atoms with Crippen molar-refractivity contribution in [3.8, 4) is 0 Å². The lowest BCUT2D eigenvalue weighted by atomic mass is 9.95. The molecule has 5 nitrogen and oxygen atoms in total. The number of hydrogen-bond acceptors (Lipinski definition) is 5. The number of thiophene rings is 1. The Morgan fingerprint density at radius 2 is 2.11 bits per heavy atom. The molecule has 6 heteroatoms. The summed E-state index contributed by atoms with van der Waals surface area (Å²) in [4.78, 5) is 23.9. The molecule has 0 fully saturated rings. The van der Waals surface area contributed by atoms with Crippen molar-refractivity contribution in [1.29, 1.82) is 0 Å². The number of rotatable bonds is 5. The van der Waals surface area contributed by atoms with Gasteiger partial charge in [0.1, 0.15) is 11.5 Å². The molecule has 0 saturated carbocycles. The summed E-state index contributed by atoms with van der Waals surface area (Å²) in [7, 11) is 0. The van der Waals surface area contributed by atoms with E-state index >= 15 is 0 Å². The molecule has 1 aromatic heterocycles. The van der Waals surface area contributed by atoms with Gasteiger partial charge in [0.05, 0.1) is 12.2 Å². The Kier molecular flexibility index (Phi) is 4.42. The molecule has 1 aliphatic carbocycles. The molecule has 0 amide bonds. The van der Waals surface area contributed by atoms with Gasteiger partial charge in [-0.3, -0.25) is 4.79 Å². The zero-order chi connectivity index (χ0) is 13.8. The number of nitrogens with one attached hydrogen (secondary N) is 1. The number of anilines is 1. The van der Waals surface area contributed by atoms with E-state index in [1.807, 2.05) is 0 Å². The standard InChI is InChI=1S/C13H17NO4S/c1-2-18-13(17)11-8-5-3-4-6-9(8)19-12(11)14-7-10(15)16/h14H,2-7H2,1H3,(H,15,16). The van der Waals surface area contributed by atoms with Gasteiger partial charge >= 0.3 is 11.9 Å². The summed E-state index contributed by atoms with van der Waals surface area (Å²) in [6.07, 6.45) is 4.01. The van der Waals surface area contributed by atoms with Crippen molar-refractivity contribution in [3.05, 3.63) is 16.0 Å². The number of carbonyl (C=O) groups is 2. The number of carbonyl (C=O) groups excluding carboxylic acids is 1. The van der Waals surface area contributed by atoms with Crippen LogP contribution in [0.4, 0.5) is 5.00 Å². The number of hydrogen-bond donors (Lipinski definition) is 2. The molecule has 0 radical (unpaired) electrons. The number of fused-ring (bicyclic) bond motifs is 1. The number of aryl methyl sites for hydroxylation is 1. The van der Waals surface area contributed by atoms with Crippen LogP contribution in [0.25, 0.3) is 0 Å². The zero-order valence-electron chi connectivity index (χ0n) is 10.8. The Balaban J connectivity index is 2.32. The normalized spacial score (nSPS) is 13.7. The molecule has 0 aliphatic heterocycles. The summed E-state index contributed by atoms with van der Waals surface area (Å²) in [6, 6.07) is 0. The average molecular weight is 283 g/mol. The number of carboxylic acids is 1. The highest BCUT2D eigenvalue weighted by Gasteiger charge is 2.26. The molecule has 0 spiro atoms. The molecule has 0 unspecified atom stereocenters. The van der Waals surface area contributed by atoms with E-state index in [4.69, 9.17) is 9.84 Å². The number of ether oxygens (including phenoxy) is 1. The fourth-order valence-corrected chi connectivity index (χ4v) is 3.54. The van der Waals surface area contributed by atoms with Gasteiger partial charge in [0.25, 0.3) is 0 Å². The van der Waals surface area contributed by atoms with Crippen LogP contribution in [0.5, 0.6) is 0 Å². The SMILES string of the molecule is CCOC(=O)c1c(NCC(=O)O)sc2c1CCCC2. The fraction of sp³-hybridized carbons (Fsp3) is 0.538. The lowest BCUT2D eigenvalue weighted by Gasteiger charge is -2.12. The summed E-state index contributed by atoms with van der Waals surface area (Å²) in [6.45, 7) is 1.90. The first kappa shape index (κ1) is 13.9. The van der Waals surface area contributed by atoms with Crippen molar-refractivity contribution in [2.75, 3.05) is 18.5 Å². The first-order valence-electron chi connectivity index (χ1n) is 6.40. The van der Waals surface area contributed by atoms with E-state index in [1.54, 1.807) is 6.92 Å². The Morgan fingerprint density at radius 3 is 2.79 bits per heavy atom.